The average Bonchev–Trinajstić information content (AvgIpc) is 2.96. The van der Waals surface area contributed by atoms with E-state index in [0.717, 1.165) is 18.7 Å². The molecule has 96 valence electrons. The topological polar surface area (TPSA) is 101 Å². The molecule has 18 heavy (non-hydrogen) atoms. The maximum Gasteiger partial charge on any atom is 0.291 e. The molecular weight excluding hydrogens is 234 g/mol. The number of hydrogen-bond acceptors (Lipinski definition) is 5. The molecule has 2 rings (SSSR count). The van der Waals surface area contributed by atoms with Gasteiger partial charge in [-0.25, -0.2) is 4.98 Å². The van der Waals surface area contributed by atoms with E-state index in [9.17, 15) is 4.79 Å². The molecular formula is C10H15N7O. The summed E-state index contributed by atoms with van der Waals surface area (Å²) < 4.78 is 1.74. The van der Waals surface area contributed by atoms with Crippen LogP contribution in [0.1, 0.15) is 35.6 Å². The lowest BCUT2D eigenvalue weighted by atomic mass is 10.3. The van der Waals surface area contributed by atoms with Gasteiger partial charge in [0.1, 0.15) is 12.2 Å². The van der Waals surface area contributed by atoms with Crippen molar-refractivity contribution in [3.63, 3.8) is 0 Å². The summed E-state index contributed by atoms with van der Waals surface area (Å²) in [5, 5.41) is 16.9. The third-order valence-corrected chi connectivity index (χ3v) is 2.43. The van der Waals surface area contributed by atoms with Crippen molar-refractivity contribution in [1.29, 1.82) is 0 Å². The minimum atomic E-state index is -0.323. The molecule has 1 amide bonds. The van der Waals surface area contributed by atoms with Crippen molar-refractivity contribution < 1.29 is 4.79 Å². The number of aromatic amines is 1. The molecule has 2 aromatic rings. The summed E-state index contributed by atoms with van der Waals surface area (Å²) in [7, 11) is 1.81. The van der Waals surface area contributed by atoms with Crippen LogP contribution in [0.25, 0.3) is 0 Å². The van der Waals surface area contributed by atoms with Gasteiger partial charge in [-0.05, 0) is 6.42 Å². The third kappa shape index (κ3) is 2.70. The van der Waals surface area contributed by atoms with Crippen LogP contribution in [0.15, 0.2) is 6.33 Å². The Morgan fingerprint density at radius 1 is 1.56 bits per heavy atom. The fourth-order valence-electron chi connectivity index (χ4n) is 1.45. The van der Waals surface area contributed by atoms with Crippen molar-refractivity contribution >= 4 is 5.91 Å². The van der Waals surface area contributed by atoms with E-state index in [0.29, 0.717) is 12.4 Å². The van der Waals surface area contributed by atoms with Gasteiger partial charge in [0.05, 0.1) is 6.54 Å². The predicted octanol–water partition coefficient (Wildman–Crippen LogP) is -0.184. The van der Waals surface area contributed by atoms with Crippen molar-refractivity contribution in [3.8, 4) is 0 Å². The van der Waals surface area contributed by atoms with Crippen molar-refractivity contribution in [2.75, 3.05) is 0 Å². The number of amides is 1. The Morgan fingerprint density at radius 2 is 2.39 bits per heavy atom. The molecule has 0 spiro atoms. The van der Waals surface area contributed by atoms with Gasteiger partial charge in [0.15, 0.2) is 5.82 Å². The number of hydrogen-bond donors (Lipinski definition) is 2. The van der Waals surface area contributed by atoms with Crippen LogP contribution in [-0.4, -0.2) is 35.9 Å². The zero-order valence-electron chi connectivity index (χ0n) is 10.3. The first-order chi connectivity index (χ1) is 8.70. The zero-order chi connectivity index (χ0) is 13.0. The summed E-state index contributed by atoms with van der Waals surface area (Å²) in [5.74, 6) is 1.23. The number of carbonyl (C=O) groups is 1. The van der Waals surface area contributed by atoms with Gasteiger partial charge >= 0.3 is 0 Å². The molecule has 0 bridgehead atoms. The van der Waals surface area contributed by atoms with Crippen LogP contribution in [0.4, 0.5) is 0 Å². The molecule has 0 atom stereocenters. The molecule has 0 radical (unpaired) electrons. The number of H-pyrrole nitrogens is 1. The van der Waals surface area contributed by atoms with E-state index >= 15 is 0 Å². The van der Waals surface area contributed by atoms with Crippen LogP contribution < -0.4 is 5.32 Å². The average molecular weight is 249 g/mol. The maximum atomic E-state index is 11.8. The van der Waals surface area contributed by atoms with Gasteiger partial charge in [-0.15, -0.1) is 15.3 Å². The zero-order valence-corrected chi connectivity index (χ0v) is 10.3. The van der Waals surface area contributed by atoms with E-state index in [1.165, 1.54) is 0 Å². The third-order valence-electron chi connectivity index (χ3n) is 2.43. The standard InChI is InChI=1S/C10H15N7O/c1-3-4-7-13-9(16-14-7)10(18)11-5-8-15-12-6-17(8)2/h6H,3-5H2,1-2H3,(H,11,18)(H,13,14,16). The highest BCUT2D eigenvalue weighted by molar-refractivity contribution is 5.90. The Balaban J connectivity index is 1.93. The summed E-state index contributed by atoms with van der Waals surface area (Å²) in [6, 6.07) is 0. The molecule has 2 heterocycles. The Hall–Kier alpha value is -2.25. The molecule has 0 aliphatic rings. The lowest BCUT2D eigenvalue weighted by Gasteiger charge is -2.01. The Kier molecular flexibility index (Phi) is 3.66. The second-order valence-corrected chi connectivity index (χ2v) is 3.90. The summed E-state index contributed by atoms with van der Waals surface area (Å²) in [4.78, 5) is 15.9. The van der Waals surface area contributed by atoms with Gasteiger partial charge in [-0.2, -0.15) is 0 Å². The monoisotopic (exact) mass is 249 g/mol. The van der Waals surface area contributed by atoms with Gasteiger partial charge < -0.3 is 9.88 Å². The van der Waals surface area contributed by atoms with Crippen LogP contribution in [-0.2, 0) is 20.0 Å². The first kappa shape index (κ1) is 12.2. The van der Waals surface area contributed by atoms with E-state index in [-0.39, 0.29) is 11.7 Å². The summed E-state index contributed by atoms with van der Waals surface area (Å²) in [6.07, 6.45) is 3.31. The Morgan fingerprint density at radius 3 is 3.06 bits per heavy atom. The van der Waals surface area contributed by atoms with Crippen LogP contribution >= 0.6 is 0 Å². The highest BCUT2D eigenvalue weighted by Crippen LogP contribution is 1.97. The second-order valence-electron chi connectivity index (χ2n) is 3.90. The maximum absolute atomic E-state index is 11.8. The molecule has 0 aromatic carbocycles. The van der Waals surface area contributed by atoms with Crippen molar-refractivity contribution in [2.24, 2.45) is 7.05 Å². The van der Waals surface area contributed by atoms with Crippen LogP contribution in [0, 0.1) is 0 Å². The van der Waals surface area contributed by atoms with Crippen molar-refractivity contribution in [1.82, 2.24) is 35.3 Å². The highest BCUT2D eigenvalue weighted by atomic mass is 16.2. The largest absolute Gasteiger partial charge is 0.342 e. The van der Waals surface area contributed by atoms with Gasteiger partial charge in [-0.1, -0.05) is 6.92 Å². The lowest BCUT2D eigenvalue weighted by molar-refractivity contribution is 0.0939. The molecule has 0 fully saturated rings. The van der Waals surface area contributed by atoms with Gasteiger partial charge in [-0.3, -0.25) is 9.89 Å². The van der Waals surface area contributed by atoms with E-state index < -0.39 is 0 Å². The Labute approximate surface area is 104 Å². The molecule has 0 saturated heterocycles. The van der Waals surface area contributed by atoms with Crippen LogP contribution in [0.2, 0.25) is 0 Å². The molecule has 0 unspecified atom stereocenters. The van der Waals surface area contributed by atoms with E-state index in [2.05, 4.69) is 30.7 Å². The molecule has 2 aromatic heterocycles. The first-order valence-electron chi connectivity index (χ1n) is 5.73. The Bertz CT molecular complexity index is 530. The number of nitrogens with one attached hydrogen (secondary N) is 2. The molecule has 8 heteroatoms. The first-order valence-corrected chi connectivity index (χ1v) is 5.73. The number of aromatic nitrogens is 6. The van der Waals surface area contributed by atoms with Crippen LogP contribution in [0.3, 0.4) is 0 Å². The van der Waals surface area contributed by atoms with Crippen molar-refractivity contribution in [2.45, 2.75) is 26.3 Å². The number of aryl methyl sites for hydroxylation is 2. The minimum Gasteiger partial charge on any atom is -0.342 e. The smallest absolute Gasteiger partial charge is 0.291 e. The molecule has 0 aliphatic carbocycles. The lowest BCUT2D eigenvalue weighted by Crippen LogP contribution is -2.25. The summed E-state index contributed by atoms with van der Waals surface area (Å²) >= 11 is 0. The molecule has 0 saturated carbocycles. The highest BCUT2D eigenvalue weighted by Gasteiger charge is 2.12. The number of nitrogens with zero attached hydrogens (tertiary/aromatic N) is 5. The van der Waals surface area contributed by atoms with E-state index in [4.69, 9.17) is 0 Å². The molecule has 2 N–H and O–H groups in total. The molecule has 8 nitrogen and oxygen atoms in total. The SMILES string of the molecule is CCCc1nc(C(=O)NCc2nncn2C)n[nH]1. The van der Waals surface area contributed by atoms with E-state index in [1.54, 1.807) is 10.9 Å². The van der Waals surface area contributed by atoms with Crippen molar-refractivity contribution in [3.05, 3.63) is 23.8 Å². The van der Waals surface area contributed by atoms with Gasteiger partial charge in [0.2, 0.25) is 5.82 Å². The number of rotatable bonds is 5. The summed E-state index contributed by atoms with van der Waals surface area (Å²) in [6.45, 7) is 2.34. The summed E-state index contributed by atoms with van der Waals surface area (Å²) in [5.41, 5.74) is 0. The second kappa shape index (κ2) is 5.39. The number of carbonyl (C=O) groups excluding carboxylic acids is 1. The minimum absolute atomic E-state index is 0.153. The van der Waals surface area contributed by atoms with Gasteiger partial charge in [0, 0.05) is 13.5 Å². The van der Waals surface area contributed by atoms with E-state index in [1.807, 2.05) is 14.0 Å². The quantitative estimate of drug-likeness (QED) is 0.765. The molecule has 0 aliphatic heterocycles. The fourth-order valence-corrected chi connectivity index (χ4v) is 1.45. The predicted molar refractivity (Wildman–Crippen MR) is 62.6 cm³/mol. The fraction of sp³-hybridized carbons (Fsp3) is 0.500. The van der Waals surface area contributed by atoms with Crippen LogP contribution in [0.5, 0.6) is 0 Å². The van der Waals surface area contributed by atoms with Gasteiger partial charge in [0.25, 0.3) is 5.91 Å². The normalized spacial score (nSPS) is 10.6.